The summed E-state index contributed by atoms with van der Waals surface area (Å²) in [5, 5.41) is 8.97. The number of likely N-dealkylation sites (tertiary alicyclic amines) is 1. The van der Waals surface area contributed by atoms with Crippen LogP contribution in [0.3, 0.4) is 0 Å². The third-order valence-electron chi connectivity index (χ3n) is 4.11. The van der Waals surface area contributed by atoms with E-state index in [1.807, 2.05) is 17.0 Å². The first-order chi connectivity index (χ1) is 9.41. The van der Waals surface area contributed by atoms with Gasteiger partial charge in [-0.25, -0.2) is 0 Å². The molecule has 1 N–H and O–H groups in total. The molecule has 20 heavy (non-hydrogen) atoms. The zero-order valence-corrected chi connectivity index (χ0v) is 12.7. The highest BCUT2D eigenvalue weighted by Crippen LogP contribution is 2.24. The Morgan fingerprint density at radius 1 is 1.30 bits per heavy atom. The Kier molecular flexibility index (Phi) is 4.48. The molecule has 3 nitrogen and oxygen atoms in total. The lowest BCUT2D eigenvalue weighted by molar-refractivity contribution is 0.0784. The van der Waals surface area contributed by atoms with E-state index in [1.54, 1.807) is 0 Å². The van der Waals surface area contributed by atoms with E-state index in [9.17, 15) is 4.79 Å². The highest BCUT2D eigenvalue weighted by molar-refractivity contribution is 5.94. The Balaban J connectivity index is 2.03. The summed E-state index contributed by atoms with van der Waals surface area (Å²) in [5.74, 6) is 0.573. The average Bonchev–Trinajstić information content (AvgIpc) is 2.86. The minimum atomic E-state index is 0.113. The van der Waals surface area contributed by atoms with E-state index in [2.05, 4.69) is 32.9 Å². The molecule has 1 aromatic rings. The molecule has 0 bridgehead atoms. The molecule has 0 radical (unpaired) electrons. The lowest BCUT2D eigenvalue weighted by Gasteiger charge is -2.20. The summed E-state index contributed by atoms with van der Waals surface area (Å²) in [6, 6.07) is 7.97. The number of aliphatic hydroxyl groups excluding tert-OH is 1. The van der Waals surface area contributed by atoms with Crippen LogP contribution in [0.4, 0.5) is 0 Å². The fraction of sp³-hybridized carbons (Fsp3) is 0.588. The lowest BCUT2D eigenvalue weighted by atomic mass is 9.86. The number of benzene rings is 1. The summed E-state index contributed by atoms with van der Waals surface area (Å²) in [6.07, 6.45) is 1.80. The van der Waals surface area contributed by atoms with Gasteiger partial charge in [0.1, 0.15) is 0 Å². The van der Waals surface area contributed by atoms with Crippen molar-refractivity contribution in [1.29, 1.82) is 0 Å². The smallest absolute Gasteiger partial charge is 0.253 e. The van der Waals surface area contributed by atoms with Gasteiger partial charge in [0, 0.05) is 25.3 Å². The second-order valence-corrected chi connectivity index (χ2v) is 6.75. The molecule has 3 heteroatoms. The molecule has 110 valence electrons. The molecular weight excluding hydrogens is 250 g/mol. The molecule has 1 unspecified atom stereocenters. The van der Waals surface area contributed by atoms with Crippen LogP contribution in [0.1, 0.15) is 49.5 Å². The molecule has 0 aliphatic carbocycles. The van der Waals surface area contributed by atoms with Crippen molar-refractivity contribution in [2.24, 2.45) is 5.92 Å². The third-order valence-corrected chi connectivity index (χ3v) is 4.11. The van der Waals surface area contributed by atoms with E-state index in [0.29, 0.717) is 5.92 Å². The maximum absolute atomic E-state index is 12.4. The van der Waals surface area contributed by atoms with Crippen molar-refractivity contribution in [1.82, 2.24) is 4.90 Å². The maximum Gasteiger partial charge on any atom is 0.253 e. The predicted octanol–water partition coefficient (Wildman–Crippen LogP) is 2.83. The third kappa shape index (κ3) is 3.40. The van der Waals surface area contributed by atoms with Crippen molar-refractivity contribution in [2.45, 2.75) is 39.0 Å². The van der Waals surface area contributed by atoms with Crippen LogP contribution in [0.2, 0.25) is 0 Å². The van der Waals surface area contributed by atoms with Crippen LogP contribution in [0.25, 0.3) is 0 Å². The summed E-state index contributed by atoms with van der Waals surface area (Å²) < 4.78 is 0. The van der Waals surface area contributed by atoms with E-state index < -0.39 is 0 Å². The summed E-state index contributed by atoms with van der Waals surface area (Å²) >= 11 is 0. The van der Waals surface area contributed by atoms with Crippen molar-refractivity contribution in [3.63, 3.8) is 0 Å². The second-order valence-electron chi connectivity index (χ2n) is 6.75. The molecule has 1 amide bonds. The maximum atomic E-state index is 12.4. The quantitative estimate of drug-likeness (QED) is 0.921. The van der Waals surface area contributed by atoms with Crippen molar-refractivity contribution in [3.05, 3.63) is 35.4 Å². The Morgan fingerprint density at radius 2 is 1.95 bits per heavy atom. The fourth-order valence-electron chi connectivity index (χ4n) is 2.73. The van der Waals surface area contributed by atoms with E-state index >= 15 is 0 Å². The number of rotatable bonds is 3. The number of carbonyl (C=O) groups is 1. The second kappa shape index (κ2) is 5.96. The summed E-state index contributed by atoms with van der Waals surface area (Å²) in [7, 11) is 0. The van der Waals surface area contributed by atoms with Crippen LogP contribution in [0, 0.1) is 5.92 Å². The van der Waals surface area contributed by atoms with Gasteiger partial charge < -0.3 is 10.0 Å². The molecule has 1 atom stereocenters. The van der Waals surface area contributed by atoms with Crippen LogP contribution in [0.5, 0.6) is 0 Å². The number of aliphatic hydroxyl groups is 1. The number of carbonyl (C=O) groups excluding carboxylic acids is 1. The zero-order chi connectivity index (χ0) is 14.8. The topological polar surface area (TPSA) is 40.5 Å². The SMILES string of the molecule is CC(C)(C)c1ccc(C(=O)N2CCC(CCO)C2)cc1. The van der Waals surface area contributed by atoms with Crippen molar-refractivity contribution in [2.75, 3.05) is 19.7 Å². The molecule has 0 aromatic heterocycles. The van der Waals surface area contributed by atoms with E-state index in [0.717, 1.165) is 31.5 Å². The average molecular weight is 275 g/mol. The molecule has 1 saturated heterocycles. The van der Waals surface area contributed by atoms with Gasteiger partial charge in [-0.3, -0.25) is 4.79 Å². The Hall–Kier alpha value is -1.35. The van der Waals surface area contributed by atoms with Gasteiger partial charge in [0.05, 0.1) is 0 Å². The zero-order valence-electron chi connectivity index (χ0n) is 12.7. The van der Waals surface area contributed by atoms with E-state index in [1.165, 1.54) is 5.56 Å². The first-order valence-corrected chi connectivity index (χ1v) is 7.42. The highest BCUT2D eigenvalue weighted by Gasteiger charge is 2.26. The van der Waals surface area contributed by atoms with Crippen LogP contribution in [-0.2, 0) is 5.41 Å². The van der Waals surface area contributed by atoms with Crippen molar-refractivity contribution in [3.8, 4) is 0 Å². The molecule has 1 aromatic carbocycles. The number of hydrogen-bond donors (Lipinski definition) is 1. The monoisotopic (exact) mass is 275 g/mol. The molecule has 0 saturated carbocycles. The van der Waals surface area contributed by atoms with Gasteiger partial charge in [0.25, 0.3) is 5.91 Å². The van der Waals surface area contributed by atoms with Gasteiger partial charge in [-0.1, -0.05) is 32.9 Å². The van der Waals surface area contributed by atoms with Gasteiger partial charge in [-0.15, -0.1) is 0 Å². The Bertz CT molecular complexity index is 459. The fourth-order valence-corrected chi connectivity index (χ4v) is 2.73. The van der Waals surface area contributed by atoms with E-state index in [4.69, 9.17) is 5.11 Å². The first-order valence-electron chi connectivity index (χ1n) is 7.42. The summed E-state index contributed by atoms with van der Waals surface area (Å²) in [5.41, 5.74) is 2.12. The van der Waals surface area contributed by atoms with Gasteiger partial charge in [-0.2, -0.15) is 0 Å². The lowest BCUT2D eigenvalue weighted by Crippen LogP contribution is -2.28. The van der Waals surface area contributed by atoms with Gasteiger partial charge in [0.2, 0.25) is 0 Å². The standard InChI is InChI=1S/C17H25NO2/c1-17(2,3)15-6-4-14(5-7-15)16(20)18-10-8-13(12-18)9-11-19/h4-7,13,19H,8-12H2,1-3H3. The minimum absolute atomic E-state index is 0.113. The van der Waals surface area contributed by atoms with Crippen LogP contribution >= 0.6 is 0 Å². The molecule has 0 spiro atoms. The predicted molar refractivity (Wildman–Crippen MR) is 80.9 cm³/mol. The van der Waals surface area contributed by atoms with Gasteiger partial charge in [0.15, 0.2) is 0 Å². The molecular formula is C17H25NO2. The summed E-state index contributed by atoms with van der Waals surface area (Å²) in [4.78, 5) is 14.3. The summed E-state index contributed by atoms with van der Waals surface area (Å²) in [6.45, 7) is 8.31. The molecule has 1 heterocycles. The number of nitrogens with zero attached hydrogens (tertiary/aromatic N) is 1. The normalized spacial score (nSPS) is 19.4. The van der Waals surface area contributed by atoms with Crippen LogP contribution in [0.15, 0.2) is 24.3 Å². The van der Waals surface area contributed by atoms with Crippen molar-refractivity contribution >= 4 is 5.91 Å². The van der Waals surface area contributed by atoms with Crippen LogP contribution in [-0.4, -0.2) is 35.6 Å². The largest absolute Gasteiger partial charge is 0.396 e. The van der Waals surface area contributed by atoms with Crippen molar-refractivity contribution < 1.29 is 9.90 Å². The van der Waals surface area contributed by atoms with Gasteiger partial charge in [-0.05, 0) is 41.9 Å². The van der Waals surface area contributed by atoms with E-state index in [-0.39, 0.29) is 17.9 Å². The molecule has 1 aliphatic heterocycles. The molecule has 1 fully saturated rings. The Labute approximate surface area is 121 Å². The molecule has 1 aliphatic rings. The minimum Gasteiger partial charge on any atom is -0.396 e. The molecule has 2 rings (SSSR count). The highest BCUT2D eigenvalue weighted by atomic mass is 16.3. The number of hydrogen-bond acceptors (Lipinski definition) is 2. The number of amides is 1. The van der Waals surface area contributed by atoms with Crippen LogP contribution < -0.4 is 0 Å². The first kappa shape index (κ1) is 15.0. The van der Waals surface area contributed by atoms with Gasteiger partial charge >= 0.3 is 0 Å². The Morgan fingerprint density at radius 3 is 2.50 bits per heavy atom.